The zero-order valence-electron chi connectivity index (χ0n) is 14.5. The quantitative estimate of drug-likeness (QED) is 0.719. The van der Waals surface area contributed by atoms with Crippen LogP contribution < -0.4 is 0 Å². The number of pyridine rings is 1. The molecule has 0 spiro atoms. The van der Waals surface area contributed by atoms with Gasteiger partial charge in [-0.1, -0.05) is 29.3 Å². The Morgan fingerprint density at radius 3 is 2.88 bits per heavy atom. The molecule has 0 radical (unpaired) electrons. The number of nitrogens with zero attached hydrogens (tertiary/aromatic N) is 2. The molecule has 2 aromatic rings. The van der Waals surface area contributed by atoms with Gasteiger partial charge in [-0.05, 0) is 85.7 Å². The van der Waals surface area contributed by atoms with Gasteiger partial charge >= 0.3 is 0 Å². The lowest BCUT2D eigenvalue weighted by Crippen LogP contribution is -2.32. The van der Waals surface area contributed by atoms with Gasteiger partial charge < -0.3 is 0 Å². The van der Waals surface area contributed by atoms with Gasteiger partial charge in [-0.15, -0.1) is 0 Å². The molecule has 0 fully saturated rings. The molecule has 0 unspecified atom stereocenters. The molecule has 0 saturated carbocycles. The molecule has 0 atom stereocenters. The van der Waals surface area contributed by atoms with Gasteiger partial charge in [0.15, 0.2) is 0 Å². The van der Waals surface area contributed by atoms with Gasteiger partial charge in [0.05, 0.1) is 10.7 Å². The molecular formula is C21H22Cl2N2. The lowest BCUT2D eigenvalue weighted by molar-refractivity contribution is 0.289. The number of hydrogen-bond donors (Lipinski definition) is 0. The first kappa shape index (κ1) is 17.1. The molecule has 4 heteroatoms. The van der Waals surface area contributed by atoms with E-state index in [0.29, 0.717) is 0 Å². The maximum atomic E-state index is 6.18. The molecule has 1 aromatic heterocycles. The van der Waals surface area contributed by atoms with Gasteiger partial charge in [0.2, 0.25) is 0 Å². The third-order valence-corrected chi connectivity index (χ3v) is 5.94. The Kier molecular flexibility index (Phi) is 4.86. The lowest BCUT2D eigenvalue weighted by atomic mass is 9.99. The first-order chi connectivity index (χ1) is 12.1. The van der Waals surface area contributed by atoms with Crippen molar-refractivity contribution in [2.45, 2.75) is 32.6 Å². The van der Waals surface area contributed by atoms with Crippen LogP contribution in [0.5, 0.6) is 0 Å². The largest absolute Gasteiger partial charge is 0.299 e. The summed E-state index contributed by atoms with van der Waals surface area (Å²) in [7, 11) is 0. The minimum atomic E-state index is 0.750. The van der Waals surface area contributed by atoms with Crippen LogP contribution in [0.1, 0.15) is 35.4 Å². The Labute approximate surface area is 159 Å². The summed E-state index contributed by atoms with van der Waals surface area (Å²) in [4.78, 5) is 7.15. The molecule has 130 valence electrons. The van der Waals surface area contributed by atoms with E-state index in [-0.39, 0.29) is 0 Å². The van der Waals surface area contributed by atoms with Crippen LogP contribution in [0.3, 0.4) is 0 Å². The second-order valence-electron chi connectivity index (χ2n) is 7.06. The second-order valence-corrected chi connectivity index (χ2v) is 7.90. The van der Waals surface area contributed by atoms with Crippen molar-refractivity contribution in [1.29, 1.82) is 0 Å². The van der Waals surface area contributed by atoms with E-state index in [1.165, 1.54) is 11.1 Å². The van der Waals surface area contributed by atoms with E-state index in [1.54, 1.807) is 11.1 Å². The molecular weight excluding hydrogens is 351 g/mol. The van der Waals surface area contributed by atoms with Gasteiger partial charge in [-0.2, -0.15) is 0 Å². The van der Waals surface area contributed by atoms with Crippen molar-refractivity contribution in [2.24, 2.45) is 0 Å². The second kappa shape index (κ2) is 7.11. The minimum Gasteiger partial charge on any atom is -0.299 e. The van der Waals surface area contributed by atoms with Gasteiger partial charge in [-0.3, -0.25) is 9.88 Å². The summed E-state index contributed by atoms with van der Waals surface area (Å²) in [5.74, 6) is 0. The van der Waals surface area contributed by atoms with Crippen LogP contribution in [0.4, 0.5) is 0 Å². The van der Waals surface area contributed by atoms with Crippen LogP contribution >= 0.6 is 23.2 Å². The Bertz CT molecular complexity index is 842. The molecule has 1 aliphatic heterocycles. The van der Waals surface area contributed by atoms with E-state index < -0.39 is 0 Å². The smallest absolute Gasteiger partial charge is 0.0618 e. The van der Waals surface area contributed by atoms with Crippen molar-refractivity contribution in [2.75, 3.05) is 19.6 Å². The number of halogens is 2. The molecule has 0 amide bonds. The summed E-state index contributed by atoms with van der Waals surface area (Å²) in [5.41, 5.74) is 8.03. The van der Waals surface area contributed by atoms with E-state index >= 15 is 0 Å². The maximum absolute atomic E-state index is 6.18. The fraction of sp³-hybridized carbons (Fsp3) is 0.381. The number of benzene rings is 1. The summed E-state index contributed by atoms with van der Waals surface area (Å²) >= 11 is 12.2. The van der Waals surface area contributed by atoms with Crippen molar-refractivity contribution in [3.8, 4) is 0 Å². The van der Waals surface area contributed by atoms with Crippen molar-refractivity contribution in [1.82, 2.24) is 9.88 Å². The summed E-state index contributed by atoms with van der Waals surface area (Å²) in [6, 6.07) is 10.3. The zero-order valence-corrected chi connectivity index (χ0v) is 16.0. The van der Waals surface area contributed by atoms with Crippen LogP contribution in [0.2, 0.25) is 10.0 Å². The van der Waals surface area contributed by atoms with Crippen molar-refractivity contribution in [3.63, 3.8) is 0 Å². The molecule has 2 aliphatic rings. The number of aryl methyl sites for hydroxylation is 2. The number of hydrogen-bond acceptors (Lipinski definition) is 2. The van der Waals surface area contributed by atoms with Gasteiger partial charge in [0, 0.05) is 23.8 Å². The third-order valence-electron chi connectivity index (χ3n) is 5.31. The topological polar surface area (TPSA) is 16.1 Å². The van der Waals surface area contributed by atoms with Crippen LogP contribution in [0.15, 0.2) is 35.9 Å². The Morgan fingerprint density at radius 1 is 1.16 bits per heavy atom. The average molecular weight is 373 g/mol. The maximum Gasteiger partial charge on any atom is 0.0618 e. The van der Waals surface area contributed by atoms with E-state index in [4.69, 9.17) is 23.2 Å². The van der Waals surface area contributed by atoms with Crippen LogP contribution in [-0.4, -0.2) is 29.5 Å². The molecule has 2 nitrogen and oxygen atoms in total. The molecule has 0 N–H and O–H groups in total. The van der Waals surface area contributed by atoms with Crippen molar-refractivity contribution >= 4 is 28.8 Å². The number of rotatable bonds is 4. The van der Waals surface area contributed by atoms with E-state index in [2.05, 4.69) is 22.0 Å². The van der Waals surface area contributed by atoms with Crippen LogP contribution in [0.25, 0.3) is 5.57 Å². The number of aromatic nitrogens is 1. The van der Waals surface area contributed by atoms with Gasteiger partial charge in [-0.25, -0.2) is 0 Å². The van der Waals surface area contributed by atoms with E-state index in [9.17, 15) is 0 Å². The molecule has 25 heavy (non-hydrogen) atoms. The normalized spacial score (nSPS) is 16.9. The fourth-order valence-electron chi connectivity index (χ4n) is 4.00. The zero-order chi connectivity index (χ0) is 17.4. The molecule has 4 rings (SSSR count). The summed E-state index contributed by atoms with van der Waals surface area (Å²) in [5, 5.41) is 1.60. The Morgan fingerprint density at radius 2 is 2.04 bits per heavy atom. The van der Waals surface area contributed by atoms with Crippen molar-refractivity contribution in [3.05, 3.63) is 68.5 Å². The molecule has 1 aromatic carbocycles. The summed E-state index contributed by atoms with van der Waals surface area (Å²) in [6.07, 6.45) is 4.38. The molecule has 0 saturated heterocycles. The average Bonchev–Trinajstić information content (AvgIpc) is 2.95. The first-order valence-electron chi connectivity index (χ1n) is 8.94. The predicted molar refractivity (Wildman–Crippen MR) is 105 cm³/mol. The van der Waals surface area contributed by atoms with Gasteiger partial charge in [0.1, 0.15) is 0 Å². The summed E-state index contributed by atoms with van der Waals surface area (Å²) in [6.45, 7) is 5.32. The van der Waals surface area contributed by atoms with Gasteiger partial charge in [0.25, 0.3) is 0 Å². The highest BCUT2D eigenvalue weighted by atomic mass is 35.5. The van der Waals surface area contributed by atoms with Crippen LogP contribution in [0, 0.1) is 6.92 Å². The van der Waals surface area contributed by atoms with E-state index in [1.807, 2.05) is 25.1 Å². The SMILES string of the molecule is Cc1nc(CCCN2CCC3=C(Cc4ccc(Cl)cc43)C2)ccc1Cl. The third kappa shape index (κ3) is 3.62. The highest BCUT2D eigenvalue weighted by molar-refractivity contribution is 6.31. The Hall–Kier alpha value is -1.35. The minimum absolute atomic E-state index is 0.750. The first-order valence-corrected chi connectivity index (χ1v) is 9.70. The predicted octanol–water partition coefficient (Wildman–Crippen LogP) is 5.35. The Balaban J connectivity index is 1.34. The monoisotopic (exact) mass is 372 g/mol. The van der Waals surface area contributed by atoms with E-state index in [0.717, 1.165) is 66.8 Å². The number of fused-ring (bicyclic) bond motifs is 2. The standard InChI is InChI=1S/C21H22Cl2N2/c1-14-21(23)7-6-18(24-14)3-2-9-25-10-8-19-16(13-25)11-15-4-5-17(22)12-20(15)19/h4-7,12H,2-3,8-11,13H2,1H3. The highest BCUT2D eigenvalue weighted by Crippen LogP contribution is 2.39. The van der Waals surface area contributed by atoms with Crippen LogP contribution in [-0.2, 0) is 12.8 Å². The molecule has 2 heterocycles. The highest BCUT2D eigenvalue weighted by Gasteiger charge is 2.26. The fourth-order valence-corrected chi connectivity index (χ4v) is 4.28. The molecule has 0 bridgehead atoms. The summed E-state index contributed by atoms with van der Waals surface area (Å²) < 4.78 is 0. The molecule has 1 aliphatic carbocycles. The lowest BCUT2D eigenvalue weighted by Gasteiger charge is -2.28. The van der Waals surface area contributed by atoms with Crippen molar-refractivity contribution < 1.29 is 0 Å².